The fourth-order valence-electron chi connectivity index (χ4n) is 1.46. The van der Waals surface area contributed by atoms with E-state index < -0.39 is 5.56 Å². The van der Waals surface area contributed by atoms with Crippen LogP contribution >= 0.6 is 12.6 Å². The summed E-state index contributed by atoms with van der Waals surface area (Å²) in [6.45, 7) is 1.64. The van der Waals surface area contributed by atoms with Crippen molar-refractivity contribution in [3.63, 3.8) is 0 Å². The van der Waals surface area contributed by atoms with E-state index in [1.807, 2.05) is 0 Å². The first kappa shape index (κ1) is 12.4. The summed E-state index contributed by atoms with van der Waals surface area (Å²) < 4.78 is 0. The highest BCUT2D eigenvalue weighted by Gasteiger charge is 2.12. The molecule has 1 heterocycles. The molecular formula is C12H11N3O2S. The van der Waals surface area contributed by atoms with Crippen molar-refractivity contribution in [2.24, 2.45) is 0 Å². The minimum absolute atomic E-state index is 0.0535. The molecule has 0 aliphatic rings. The third kappa shape index (κ3) is 2.60. The lowest BCUT2D eigenvalue weighted by molar-refractivity contribution is 0.102. The minimum Gasteiger partial charge on any atom is -0.315 e. The molecule has 0 radical (unpaired) electrons. The molecule has 1 aromatic carbocycles. The zero-order valence-electron chi connectivity index (χ0n) is 9.60. The van der Waals surface area contributed by atoms with Gasteiger partial charge in [-0.3, -0.25) is 9.59 Å². The summed E-state index contributed by atoms with van der Waals surface area (Å²) in [6, 6.07) is 8.61. The number of carbonyl (C=O) groups is 1. The molecule has 2 aromatic rings. The number of nitrogens with one attached hydrogen (secondary N) is 2. The molecule has 2 N–H and O–H groups in total. The molecule has 0 aliphatic heterocycles. The van der Waals surface area contributed by atoms with Crippen molar-refractivity contribution in [2.75, 3.05) is 5.32 Å². The normalized spacial score (nSPS) is 10.1. The first-order valence-electron chi connectivity index (χ1n) is 5.24. The van der Waals surface area contributed by atoms with Crippen LogP contribution in [-0.2, 0) is 0 Å². The zero-order valence-corrected chi connectivity index (χ0v) is 10.5. The van der Waals surface area contributed by atoms with E-state index in [0.29, 0.717) is 11.4 Å². The quantitative estimate of drug-likeness (QED) is 0.568. The van der Waals surface area contributed by atoms with Crippen molar-refractivity contribution in [1.29, 1.82) is 0 Å². The number of thiol groups is 1. The second-order valence-electron chi connectivity index (χ2n) is 3.67. The number of nitrogens with zero attached hydrogens (tertiary/aromatic N) is 1. The van der Waals surface area contributed by atoms with E-state index in [2.05, 4.69) is 27.9 Å². The second-order valence-corrected chi connectivity index (χ2v) is 4.09. The van der Waals surface area contributed by atoms with Gasteiger partial charge in [-0.15, -0.1) is 12.6 Å². The summed E-state index contributed by atoms with van der Waals surface area (Å²) in [7, 11) is 0. The van der Waals surface area contributed by atoms with E-state index >= 15 is 0 Å². The van der Waals surface area contributed by atoms with Gasteiger partial charge in [0.15, 0.2) is 0 Å². The van der Waals surface area contributed by atoms with Crippen molar-refractivity contribution in [2.45, 2.75) is 11.9 Å². The SMILES string of the molecule is Cc1nc(S)c(NC(=O)c2ccccc2)c(=O)[nH]1. The molecule has 0 fully saturated rings. The van der Waals surface area contributed by atoms with Crippen molar-refractivity contribution < 1.29 is 4.79 Å². The highest BCUT2D eigenvalue weighted by atomic mass is 32.1. The van der Waals surface area contributed by atoms with E-state index in [-0.39, 0.29) is 16.6 Å². The van der Waals surface area contributed by atoms with Gasteiger partial charge in [0.1, 0.15) is 16.5 Å². The van der Waals surface area contributed by atoms with Crippen LogP contribution < -0.4 is 10.9 Å². The molecule has 0 bridgehead atoms. The average Bonchev–Trinajstić information content (AvgIpc) is 2.34. The van der Waals surface area contributed by atoms with Gasteiger partial charge in [0, 0.05) is 5.56 Å². The molecule has 0 spiro atoms. The molecule has 18 heavy (non-hydrogen) atoms. The van der Waals surface area contributed by atoms with Crippen molar-refractivity contribution in [1.82, 2.24) is 9.97 Å². The number of hydrogen-bond acceptors (Lipinski definition) is 4. The average molecular weight is 261 g/mol. The van der Waals surface area contributed by atoms with Gasteiger partial charge >= 0.3 is 0 Å². The molecular weight excluding hydrogens is 250 g/mol. The van der Waals surface area contributed by atoms with Crippen molar-refractivity contribution in [3.8, 4) is 0 Å². The molecule has 0 atom stereocenters. The number of carbonyl (C=O) groups excluding carboxylic acids is 1. The lowest BCUT2D eigenvalue weighted by atomic mass is 10.2. The van der Waals surface area contributed by atoms with Gasteiger partial charge in [-0.2, -0.15) is 0 Å². The van der Waals surface area contributed by atoms with E-state index in [4.69, 9.17) is 0 Å². The standard InChI is InChI=1S/C12H11N3O2S/c1-7-13-11(17)9(12(18)14-7)15-10(16)8-5-3-2-4-6-8/h2-6H,1H3,(H,15,16)(H2,13,14,17,18). The van der Waals surface area contributed by atoms with Crippen LogP contribution in [0.2, 0.25) is 0 Å². The molecule has 6 heteroatoms. The zero-order chi connectivity index (χ0) is 13.1. The molecule has 2 rings (SSSR count). The van der Waals surface area contributed by atoms with Crippen LogP contribution in [0, 0.1) is 6.92 Å². The summed E-state index contributed by atoms with van der Waals surface area (Å²) in [4.78, 5) is 30.0. The van der Waals surface area contributed by atoms with Crippen LogP contribution in [0.3, 0.4) is 0 Å². The summed E-state index contributed by atoms with van der Waals surface area (Å²) in [5.41, 5.74) is 0.0970. The van der Waals surface area contributed by atoms with E-state index in [9.17, 15) is 9.59 Å². The Balaban J connectivity index is 2.31. The van der Waals surface area contributed by atoms with E-state index in [1.54, 1.807) is 37.3 Å². The largest absolute Gasteiger partial charge is 0.315 e. The summed E-state index contributed by atoms with van der Waals surface area (Å²) in [5.74, 6) is 0.0739. The van der Waals surface area contributed by atoms with Gasteiger partial charge in [-0.05, 0) is 19.1 Å². The Morgan fingerprint density at radius 2 is 2.00 bits per heavy atom. The lowest BCUT2D eigenvalue weighted by Crippen LogP contribution is -2.22. The van der Waals surface area contributed by atoms with Gasteiger partial charge in [-0.1, -0.05) is 18.2 Å². The van der Waals surface area contributed by atoms with Crippen LogP contribution in [0.15, 0.2) is 40.2 Å². The van der Waals surface area contributed by atoms with Gasteiger partial charge in [0.2, 0.25) is 0 Å². The maximum Gasteiger partial charge on any atom is 0.275 e. The van der Waals surface area contributed by atoms with Gasteiger partial charge in [0.05, 0.1) is 0 Å². The van der Waals surface area contributed by atoms with Gasteiger partial charge in [-0.25, -0.2) is 4.98 Å². The Morgan fingerprint density at radius 3 is 2.61 bits per heavy atom. The Morgan fingerprint density at radius 1 is 1.33 bits per heavy atom. The van der Waals surface area contributed by atoms with Crippen LogP contribution in [0.5, 0.6) is 0 Å². The van der Waals surface area contributed by atoms with Crippen LogP contribution in [0.4, 0.5) is 5.69 Å². The maximum atomic E-state index is 11.9. The summed E-state index contributed by atoms with van der Waals surface area (Å²) in [5, 5.41) is 2.70. The molecule has 5 nitrogen and oxygen atoms in total. The predicted octanol–water partition coefficient (Wildman–Crippen LogP) is 1.62. The highest BCUT2D eigenvalue weighted by molar-refractivity contribution is 7.80. The van der Waals surface area contributed by atoms with Crippen molar-refractivity contribution in [3.05, 3.63) is 52.1 Å². The lowest BCUT2D eigenvalue weighted by Gasteiger charge is -2.06. The maximum absolute atomic E-state index is 11.9. The highest BCUT2D eigenvalue weighted by Crippen LogP contribution is 2.12. The molecule has 1 aromatic heterocycles. The van der Waals surface area contributed by atoms with E-state index in [1.165, 1.54) is 0 Å². The Kier molecular flexibility index (Phi) is 3.47. The third-order valence-corrected chi connectivity index (χ3v) is 2.62. The first-order valence-corrected chi connectivity index (χ1v) is 5.69. The predicted molar refractivity (Wildman–Crippen MR) is 71.2 cm³/mol. The molecule has 0 saturated heterocycles. The number of rotatable bonds is 2. The molecule has 0 saturated carbocycles. The monoisotopic (exact) mass is 261 g/mol. The first-order chi connectivity index (χ1) is 8.58. The van der Waals surface area contributed by atoms with Crippen molar-refractivity contribution >= 4 is 24.2 Å². The molecule has 0 aliphatic carbocycles. The minimum atomic E-state index is -0.420. The Bertz CT molecular complexity index is 638. The number of anilines is 1. The number of aryl methyl sites for hydroxylation is 1. The van der Waals surface area contributed by atoms with Crippen LogP contribution in [0.1, 0.15) is 16.2 Å². The topological polar surface area (TPSA) is 74.8 Å². The number of H-pyrrole nitrogens is 1. The fraction of sp³-hybridized carbons (Fsp3) is 0.0833. The molecule has 0 unspecified atom stereocenters. The fourth-order valence-corrected chi connectivity index (χ4v) is 1.77. The number of aromatic amines is 1. The third-order valence-electron chi connectivity index (χ3n) is 2.29. The molecule has 1 amide bonds. The number of benzene rings is 1. The van der Waals surface area contributed by atoms with Crippen LogP contribution in [0.25, 0.3) is 0 Å². The number of hydrogen-bond donors (Lipinski definition) is 3. The number of amides is 1. The second kappa shape index (κ2) is 5.05. The number of aromatic nitrogens is 2. The Labute approximate surface area is 109 Å². The summed E-state index contributed by atoms with van der Waals surface area (Å²) >= 11 is 4.08. The van der Waals surface area contributed by atoms with Gasteiger partial charge < -0.3 is 10.3 Å². The summed E-state index contributed by atoms with van der Waals surface area (Å²) in [6.07, 6.45) is 0. The van der Waals surface area contributed by atoms with Gasteiger partial charge in [0.25, 0.3) is 11.5 Å². The Hall–Kier alpha value is -2.08. The van der Waals surface area contributed by atoms with Crippen LogP contribution in [-0.4, -0.2) is 15.9 Å². The molecule has 92 valence electrons. The van der Waals surface area contributed by atoms with E-state index in [0.717, 1.165) is 0 Å². The smallest absolute Gasteiger partial charge is 0.275 e.